The lowest BCUT2D eigenvalue weighted by Crippen LogP contribution is -2.39. The van der Waals surface area contributed by atoms with Gasteiger partial charge in [-0.1, -0.05) is 5.16 Å². The van der Waals surface area contributed by atoms with Crippen LogP contribution in [0.15, 0.2) is 35.2 Å². The molecule has 2 fully saturated rings. The Hall–Kier alpha value is -2.21. The fraction of sp³-hybridized carbons (Fsp3) is 0.471. The lowest BCUT2D eigenvalue weighted by atomic mass is 9.89. The molecule has 2 atom stereocenters. The van der Waals surface area contributed by atoms with Gasteiger partial charge in [0.15, 0.2) is 0 Å². The molecule has 23 heavy (non-hydrogen) atoms. The molecule has 2 N–H and O–H groups in total. The molecule has 2 saturated heterocycles. The van der Waals surface area contributed by atoms with Crippen LogP contribution in [0, 0.1) is 5.92 Å². The van der Waals surface area contributed by atoms with E-state index in [-0.39, 0.29) is 5.91 Å². The van der Waals surface area contributed by atoms with E-state index in [1.807, 2.05) is 24.3 Å². The zero-order valence-corrected chi connectivity index (χ0v) is 12.9. The van der Waals surface area contributed by atoms with Crippen LogP contribution in [0.2, 0.25) is 0 Å². The number of amides is 1. The Labute approximate surface area is 134 Å². The van der Waals surface area contributed by atoms with Crippen LogP contribution in [-0.4, -0.2) is 28.1 Å². The van der Waals surface area contributed by atoms with E-state index in [4.69, 9.17) is 4.52 Å². The van der Waals surface area contributed by atoms with Crippen molar-refractivity contribution in [1.29, 1.82) is 0 Å². The molecule has 6 nitrogen and oxygen atoms in total. The zero-order valence-electron chi connectivity index (χ0n) is 12.9. The van der Waals surface area contributed by atoms with Crippen molar-refractivity contribution in [3.05, 3.63) is 30.7 Å². The predicted molar refractivity (Wildman–Crippen MR) is 85.7 cm³/mol. The van der Waals surface area contributed by atoms with Crippen LogP contribution in [0.3, 0.4) is 0 Å². The smallest absolute Gasteiger partial charge is 0.224 e. The number of nitrogens with one attached hydrogen (secondary N) is 2. The van der Waals surface area contributed by atoms with Crippen LogP contribution in [0.1, 0.15) is 32.1 Å². The molecule has 0 saturated carbocycles. The van der Waals surface area contributed by atoms with E-state index in [1.54, 1.807) is 0 Å². The van der Waals surface area contributed by atoms with Crippen molar-refractivity contribution in [3.63, 3.8) is 0 Å². The molecule has 2 unspecified atom stereocenters. The van der Waals surface area contributed by atoms with Crippen LogP contribution >= 0.6 is 0 Å². The second-order valence-corrected chi connectivity index (χ2v) is 6.56. The Balaban J connectivity index is 1.33. The molecule has 2 aliphatic rings. The van der Waals surface area contributed by atoms with Crippen molar-refractivity contribution >= 4 is 11.6 Å². The second-order valence-electron chi connectivity index (χ2n) is 6.56. The molecule has 120 valence electrons. The number of carbonyl (C=O) groups excluding carboxylic acids is 1. The number of piperidine rings is 1. The van der Waals surface area contributed by atoms with E-state index in [0.717, 1.165) is 24.1 Å². The van der Waals surface area contributed by atoms with Gasteiger partial charge in [0.2, 0.25) is 18.1 Å². The Morgan fingerprint density at radius 1 is 1.22 bits per heavy atom. The quantitative estimate of drug-likeness (QED) is 0.907. The highest BCUT2D eigenvalue weighted by Crippen LogP contribution is 2.32. The van der Waals surface area contributed by atoms with Gasteiger partial charge in [0, 0.05) is 29.8 Å². The number of anilines is 1. The van der Waals surface area contributed by atoms with Gasteiger partial charge in [-0.15, -0.1) is 0 Å². The third-order valence-corrected chi connectivity index (χ3v) is 4.83. The predicted octanol–water partition coefficient (Wildman–Crippen LogP) is 2.60. The fourth-order valence-electron chi connectivity index (χ4n) is 3.82. The average Bonchev–Trinajstić information content (AvgIpc) is 3.18. The molecular weight excluding hydrogens is 292 g/mol. The maximum Gasteiger partial charge on any atom is 0.224 e. The molecule has 0 radical (unpaired) electrons. The van der Waals surface area contributed by atoms with E-state index < -0.39 is 0 Å². The lowest BCUT2D eigenvalue weighted by Gasteiger charge is -2.28. The highest BCUT2D eigenvalue weighted by Gasteiger charge is 2.34. The number of aromatic nitrogens is 2. The van der Waals surface area contributed by atoms with Gasteiger partial charge in [0.05, 0.1) is 0 Å². The van der Waals surface area contributed by atoms with E-state index in [1.165, 1.54) is 19.2 Å². The van der Waals surface area contributed by atoms with Gasteiger partial charge < -0.3 is 15.2 Å². The molecule has 6 heteroatoms. The first-order chi connectivity index (χ1) is 11.3. The topological polar surface area (TPSA) is 80.0 Å². The summed E-state index contributed by atoms with van der Waals surface area (Å²) in [7, 11) is 0. The van der Waals surface area contributed by atoms with E-state index >= 15 is 0 Å². The van der Waals surface area contributed by atoms with Crippen molar-refractivity contribution in [2.45, 2.75) is 44.2 Å². The van der Waals surface area contributed by atoms with Crippen LogP contribution in [-0.2, 0) is 4.79 Å². The fourth-order valence-corrected chi connectivity index (χ4v) is 3.82. The van der Waals surface area contributed by atoms with Crippen molar-refractivity contribution in [2.24, 2.45) is 5.92 Å². The minimum atomic E-state index is 0.101. The molecule has 1 aromatic heterocycles. The van der Waals surface area contributed by atoms with Gasteiger partial charge >= 0.3 is 0 Å². The monoisotopic (exact) mass is 312 g/mol. The maximum absolute atomic E-state index is 12.3. The molecule has 1 aromatic carbocycles. The minimum Gasteiger partial charge on any atom is -0.342 e. The maximum atomic E-state index is 12.3. The van der Waals surface area contributed by atoms with Gasteiger partial charge in [-0.25, -0.2) is 0 Å². The lowest BCUT2D eigenvalue weighted by molar-refractivity contribution is -0.117. The first-order valence-corrected chi connectivity index (χ1v) is 8.19. The summed E-state index contributed by atoms with van der Waals surface area (Å²) in [5.74, 6) is 1.16. The summed E-state index contributed by atoms with van der Waals surface area (Å²) in [5.41, 5.74) is 1.67. The molecule has 0 spiro atoms. The van der Waals surface area contributed by atoms with Crippen LogP contribution in [0.5, 0.6) is 0 Å². The van der Waals surface area contributed by atoms with Crippen LogP contribution < -0.4 is 10.6 Å². The highest BCUT2D eigenvalue weighted by atomic mass is 16.5. The second kappa shape index (κ2) is 6.12. The molecule has 2 bridgehead atoms. The average molecular weight is 312 g/mol. The van der Waals surface area contributed by atoms with Gasteiger partial charge in [0.1, 0.15) is 0 Å². The highest BCUT2D eigenvalue weighted by molar-refractivity contribution is 5.91. The summed E-state index contributed by atoms with van der Waals surface area (Å²) >= 11 is 0. The number of hydrogen-bond acceptors (Lipinski definition) is 5. The minimum absolute atomic E-state index is 0.101. The normalized spacial score (nSPS) is 26.2. The van der Waals surface area contributed by atoms with Crippen LogP contribution in [0.4, 0.5) is 5.69 Å². The summed E-state index contributed by atoms with van der Waals surface area (Å²) < 4.78 is 4.73. The summed E-state index contributed by atoms with van der Waals surface area (Å²) in [6.07, 6.45) is 6.69. The Kier molecular flexibility index (Phi) is 3.83. The van der Waals surface area contributed by atoms with Gasteiger partial charge in [0.25, 0.3) is 0 Å². The first kappa shape index (κ1) is 14.4. The Bertz CT molecular complexity index is 656. The summed E-state index contributed by atoms with van der Waals surface area (Å²) in [6.45, 7) is 0. The number of rotatable bonds is 4. The standard InChI is InChI=1S/C17H20N4O2/c22-16(9-11-7-14-5-6-15(8-11)19-14)20-13-3-1-12(2-4-13)17-18-10-23-21-17/h1-4,10-11,14-15,19H,5-9H2,(H,20,22). The van der Waals surface area contributed by atoms with Crippen molar-refractivity contribution in [2.75, 3.05) is 5.32 Å². The van der Waals surface area contributed by atoms with E-state index in [9.17, 15) is 4.79 Å². The largest absolute Gasteiger partial charge is 0.342 e. The number of fused-ring (bicyclic) bond motifs is 2. The van der Waals surface area contributed by atoms with Crippen molar-refractivity contribution < 1.29 is 9.32 Å². The molecule has 0 aliphatic carbocycles. The van der Waals surface area contributed by atoms with Gasteiger partial charge in [-0.2, -0.15) is 4.98 Å². The molecule has 2 aromatic rings. The van der Waals surface area contributed by atoms with Gasteiger partial charge in [-0.05, 0) is 55.9 Å². The third-order valence-electron chi connectivity index (χ3n) is 4.83. The van der Waals surface area contributed by atoms with Crippen LogP contribution in [0.25, 0.3) is 11.4 Å². The zero-order chi connectivity index (χ0) is 15.6. The number of benzene rings is 1. The molecule has 1 amide bonds. The molecule has 3 heterocycles. The SMILES string of the molecule is O=C(CC1CC2CCC(C1)N2)Nc1ccc(-c2ncon2)cc1. The number of carbonyl (C=O) groups is 1. The summed E-state index contributed by atoms with van der Waals surface area (Å²) in [6, 6.07) is 8.75. The molecule has 4 rings (SSSR count). The summed E-state index contributed by atoms with van der Waals surface area (Å²) in [4.78, 5) is 16.3. The van der Waals surface area contributed by atoms with Crippen molar-refractivity contribution in [1.82, 2.24) is 15.5 Å². The molecular formula is C17H20N4O2. The first-order valence-electron chi connectivity index (χ1n) is 8.19. The molecule has 2 aliphatic heterocycles. The van der Waals surface area contributed by atoms with E-state index in [2.05, 4.69) is 20.8 Å². The Morgan fingerprint density at radius 3 is 2.61 bits per heavy atom. The number of nitrogens with zero attached hydrogens (tertiary/aromatic N) is 2. The van der Waals surface area contributed by atoms with E-state index in [0.29, 0.717) is 30.2 Å². The third kappa shape index (κ3) is 3.27. The summed E-state index contributed by atoms with van der Waals surface area (Å²) in [5, 5.41) is 10.4. The van der Waals surface area contributed by atoms with Crippen molar-refractivity contribution in [3.8, 4) is 11.4 Å². The number of hydrogen-bond donors (Lipinski definition) is 2. The van der Waals surface area contributed by atoms with Gasteiger partial charge in [-0.3, -0.25) is 4.79 Å². The Morgan fingerprint density at radius 2 is 1.96 bits per heavy atom.